The minimum absolute atomic E-state index is 0.0122. The van der Waals surface area contributed by atoms with Gasteiger partial charge in [-0.1, -0.05) is 6.92 Å². The monoisotopic (exact) mass is 217 g/mol. The van der Waals surface area contributed by atoms with Gasteiger partial charge in [-0.05, 0) is 6.92 Å². The lowest BCUT2D eigenvalue weighted by Crippen LogP contribution is -2.29. The van der Waals surface area contributed by atoms with Crippen LogP contribution in [0.15, 0.2) is 0 Å². The van der Waals surface area contributed by atoms with E-state index in [0.29, 0.717) is 0 Å². The molecule has 0 aromatic carbocycles. The van der Waals surface area contributed by atoms with E-state index in [1.807, 2.05) is 0 Å². The third kappa shape index (κ3) is 4.99. The lowest BCUT2D eigenvalue weighted by Gasteiger charge is -2.13. The first-order valence-electron chi connectivity index (χ1n) is 4.52. The largest absolute Gasteiger partial charge is 0.479 e. The molecule has 0 aliphatic heterocycles. The number of carboxylic acids is 1. The molecule has 2 atom stereocenters. The molecule has 86 valence electrons. The van der Waals surface area contributed by atoms with Gasteiger partial charge in [0.2, 0.25) is 5.91 Å². The van der Waals surface area contributed by atoms with Gasteiger partial charge in [0, 0.05) is 13.5 Å². The number of ether oxygens (including phenoxy) is 1. The Balaban J connectivity index is 4.10. The highest BCUT2D eigenvalue weighted by Gasteiger charge is 2.22. The summed E-state index contributed by atoms with van der Waals surface area (Å²) in [5.74, 6) is -2.84. The molecular formula is C9H15NO5. The van der Waals surface area contributed by atoms with Crippen molar-refractivity contribution in [3.05, 3.63) is 0 Å². The molecule has 6 nitrogen and oxygen atoms in total. The molecule has 0 aromatic heterocycles. The number of nitrogens with one attached hydrogen (secondary N) is 1. The highest BCUT2D eigenvalue weighted by atomic mass is 16.6. The van der Waals surface area contributed by atoms with Crippen LogP contribution in [0.2, 0.25) is 0 Å². The van der Waals surface area contributed by atoms with Gasteiger partial charge < -0.3 is 15.2 Å². The first-order chi connectivity index (χ1) is 6.88. The van der Waals surface area contributed by atoms with Gasteiger partial charge in [-0.2, -0.15) is 0 Å². The third-order valence-corrected chi connectivity index (χ3v) is 1.81. The zero-order valence-corrected chi connectivity index (χ0v) is 8.94. The Bertz CT molecular complexity index is 263. The lowest BCUT2D eigenvalue weighted by molar-refractivity contribution is -0.165. The summed E-state index contributed by atoms with van der Waals surface area (Å²) >= 11 is 0. The van der Waals surface area contributed by atoms with Crippen LogP contribution in [0.5, 0.6) is 0 Å². The van der Waals surface area contributed by atoms with E-state index < -0.39 is 24.0 Å². The molecule has 1 amide bonds. The van der Waals surface area contributed by atoms with Gasteiger partial charge in [0.1, 0.15) is 0 Å². The van der Waals surface area contributed by atoms with Crippen LogP contribution in [-0.4, -0.2) is 36.1 Å². The summed E-state index contributed by atoms with van der Waals surface area (Å²) < 4.78 is 4.60. The number of rotatable bonds is 5. The van der Waals surface area contributed by atoms with Gasteiger partial charge in [-0.25, -0.2) is 4.79 Å². The van der Waals surface area contributed by atoms with Gasteiger partial charge in [-0.15, -0.1) is 0 Å². The minimum Gasteiger partial charge on any atom is -0.479 e. The Morgan fingerprint density at radius 1 is 1.33 bits per heavy atom. The molecule has 2 N–H and O–H groups in total. The normalized spacial score (nSPS) is 13.8. The maximum Gasteiger partial charge on any atom is 0.344 e. The molecule has 0 saturated carbocycles. The predicted molar refractivity (Wildman–Crippen MR) is 51.0 cm³/mol. The topological polar surface area (TPSA) is 92.7 Å². The van der Waals surface area contributed by atoms with Crippen molar-refractivity contribution in [2.24, 2.45) is 5.92 Å². The summed E-state index contributed by atoms with van der Waals surface area (Å²) in [5, 5.41) is 10.8. The highest BCUT2D eigenvalue weighted by molar-refractivity contribution is 5.84. The SMILES string of the molecule is CNC(=O)CC(C)C(=O)OC(C)C(=O)O. The lowest BCUT2D eigenvalue weighted by atomic mass is 10.1. The first-order valence-corrected chi connectivity index (χ1v) is 4.52. The van der Waals surface area contributed by atoms with Crippen molar-refractivity contribution in [3.63, 3.8) is 0 Å². The van der Waals surface area contributed by atoms with Crippen LogP contribution in [0.4, 0.5) is 0 Å². The van der Waals surface area contributed by atoms with Gasteiger partial charge >= 0.3 is 11.9 Å². The Morgan fingerprint density at radius 3 is 2.27 bits per heavy atom. The molecule has 0 bridgehead atoms. The van der Waals surface area contributed by atoms with Crippen molar-refractivity contribution in [1.29, 1.82) is 0 Å². The highest BCUT2D eigenvalue weighted by Crippen LogP contribution is 2.06. The molecule has 0 rings (SSSR count). The van der Waals surface area contributed by atoms with Crippen LogP contribution in [0, 0.1) is 5.92 Å². The van der Waals surface area contributed by atoms with Crippen LogP contribution in [0.25, 0.3) is 0 Å². The molecule has 0 heterocycles. The number of amides is 1. The number of carboxylic acid groups (broad SMARTS) is 1. The average molecular weight is 217 g/mol. The third-order valence-electron chi connectivity index (χ3n) is 1.81. The van der Waals surface area contributed by atoms with Crippen molar-refractivity contribution in [2.45, 2.75) is 26.4 Å². The Morgan fingerprint density at radius 2 is 1.87 bits per heavy atom. The summed E-state index contributed by atoms with van der Waals surface area (Å²) in [4.78, 5) is 32.5. The second-order valence-corrected chi connectivity index (χ2v) is 3.20. The van der Waals surface area contributed by atoms with E-state index in [0.717, 1.165) is 0 Å². The number of hydrogen-bond acceptors (Lipinski definition) is 4. The van der Waals surface area contributed by atoms with Crippen molar-refractivity contribution >= 4 is 17.8 Å². The first kappa shape index (κ1) is 13.4. The fourth-order valence-corrected chi connectivity index (χ4v) is 0.804. The standard InChI is InChI=1S/C9H15NO5/c1-5(4-7(11)10-3)9(14)15-6(2)8(12)13/h5-6H,4H2,1-3H3,(H,10,11)(H,12,13). The molecular weight excluding hydrogens is 202 g/mol. The van der Waals surface area contributed by atoms with E-state index in [-0.39, 0.29) is 12.3 Å². The van der Waals surface area contributed by atoms with Crippen LogP contribution in [-0.2, 0) is 19.1 Å². The van der Waals surface area contributed by atoms with Gasteiger partial charge in [0.15, 0.2) is 6.10 Å². The molecule has 0 aliphatic carbocycles. The number of aliphatic carboxylic acids is 1. The number of carbonyl (C=O) groups is 3. The van der Waals surface area contributed by atoms with Crippen LogP contribution >= 0.6 is 0 Å². The van der Waals surface area contributed by atoms with E-state index in [1.165, 1.54) is 20.9 Å². The quantitative estimate of drug-likeness (QED) is 0.621. The zero-order chi connectivity index (χ0) is 12.0. The number of carbonyl (C=O) groups excluding carboxylic acids is 2. The molecule has 0 aromatic rings. The van der Waals surface area contributed by atoms with E-state index in [2.05, 4.69) is 10.1 Å². The van der Waals surface area contributed by atoms with Crippen molar-refractivity contribution in [1.82, 2.24) is 5.32 Å². The maximum atomic E-state index is 11.2. The van der Waals surface area contributed by atoms with Crippen LogP contribution < -0.4 is 5.32 Å². The molecule has 0 spiro atoms. The van der Waals surface area contributed by atoms with Crippen molar-refractivity contribution in [2.75, 3.05) is 7.05 Å². The van der Waals surface area contributed by atoms with Gasteiger partial charge in [0.05, 0.1) is 5.92 Å². The molecule has 6 heteroatoms. The molecule has 2 unspecified atom stereocenters. The fraction of sp³-hybridized carbons (Fsp3) is 0.667. The van der Waals surface area contributed by atoms with E-state index in [9.17, 15) is 14.4 Å². The number of hydrogen-bond donors (Lipinski definition) is 2. The second kappa shape index (κ2) is 6.00. The smallest absolute Gasteiger partial charge is 0.344 e. The molecule has 0 radical (unpaired) electrons. The van der Waals surface area contributed by atoms with Crippen LogP contribution in [0.1, 0.15) is 20.3 Å². The predicted octanol–water partition coefficient (Wildman–Crippen LogP) is -0.225. The molecule has 0 aliphatic rings. The maximum absolute atomic E-state index is 11.2. The van der Waals surface area contributed by atoms with E-state index in [4.69, 9.17) is 5.11 Å². The zero-order valence-electron chi connectivity index (χ0n) is 8.94. The van der Waals surface area contributed by atoms with Crippen molar-refractivity contribution in [3.8, 4) is 0 Å². The Kier molecular flexibility index (Phi) is 5.36. The number of esters is 1. The van der Waals surface area contributed by atoms with E-state index >= 15 is 0 Å². The fourth-order valence-electron chi connectivity index (χ4n) is 0.804. The van der Waals surface area contributed by atoms with Crippen LogP contribution in [0.3, 0.4) is 0 Å². The Labute approximate surface area is 87.6 Å². The molecule has 0 saturated heterocycles. The minimum atomic E-state index is -1.21. The second-order valence-electron chi connectivity index (χ2n) is 3.20. The summed E-state index contributed by atoms with van der Waals surface area (Å²) in [6.07, 6.45) is -1.20. The van der Waals surface area contributed by atoms with Crippen molar-refractivity contribution < 1.29 is 24.2 Å². The molecule has 0 fully saturated rings. The summed E-state index contributed by atoms with van der Waals surface area (Å²) in [7, 11) is 1.46. The molecule has 15 heavy (non-hydrogen) atoms. The Hall–Kier alpha value is -1.59. The summed E-state index contributed by atoms with van der Waals surface area (Å²) in [6, 6.07) is 0. The summed E-state index contributed by atoms with van der Waals surface area (Å²) in [6.45, 7) is 2.76. The average Bonchev–Trinajstić information content (AvgIpc) is 2.16. The van der Waals surface area contributed by atoms with E-state index in [1.54, 1.807) is 0 Å². The van der Waals surface area contributed by atoms with Gasteiger partial charge in [-0.3, -0.25) is 9.59 Å². The van der Waals surface area contributed by atoms with Gasteiger partial charge in [0.25, 0.3) is 0 Å². The summed E-state index contributed by atoms with van der Waals surface area (Å²) in [5.41, 5.74) is 0.